The average molecular weight is 810 g/mol. The summed E-state index contributed by atoms with van der Waals surface area (Å²) in [5.41, 5.74) is 13.5. The molecule has 3 heterocycles. The predicted octanol–water partition coefficient (Wildman–Crippen LogP) is 15.8. The van der Waals surface area contributed by atoms with Crippen LogP contribution in [-0.4, -0.2) is 15.0 Å². The van der Waals surface area contributed by atoms with Crippen LogP contribution in [-0.2, 0) is 0 Å². The van der Waals surface area contributed by atoms with E-state index >= 15 is 0 Å². The lowest BCUT2D eigenvalue weighted by Gasteiger charge is -2.11. The first kappa shape index (κ1) is 35.9. The van der Waals surface area contributed by atoms with E-state index in [0.717, 1.165) is 66.4 Å². The summed E-state index contributed by atoms with van der Waals surface area (Å²) in [4.78, 5) is 15.7. The molecule has 0 aliphatic heterocycles. The summed E-state index contributed by atoms with van der Waals surface area (Å²) in [7, 11) is 0. The van der Waals surface area contributed by atoms with Crippen LogP contribution in [0.15, 0.2) is 217 Å². The normalized spacial score (nSPS) is 11.5. The molecular formula is C57H35N3OS. The zero-order chi connectivity index (χ0) is 41.0. The molecule has 0 aliphatic rings. The van der Waals surface area contributed by atoms with Crippen molar-refractivity contribution in [2.24, 2.45) is 0 Å². The second-order valence-electron chi connectivity index (χ2n) is 15.5. The van der Waals surface area contributed by atoms with Gasteiger partial charge in [-0.05, 0) is 87.0 Å². The first-order chi connectivity index (χ1) is 30.7. The number of aromatic nitrogens is 3. The highest BCUT2D eigenvalue weighted by Gasteiger charge is 2.21. The molecule has 0 unspecified atom stereocenters. The zero-order valence-corrected chi connectivity index (χ0v) is 34.2. The van der Waals surface area contributed by atoms with Crippen LogP contribution in [0.4, 0.5) is 0 Å². The lowest BCUT2D eigenvalue weighted by Crippen LogP contribution is -2.00. The van der Waals surface area contributed by atoms with Crippen molar-refractivity contribution in [1.82, 2.24) is 15.0 Å². The van der Waals surface area contributed by atoms with Crippen LogP contribution < -0.4 is 0 Å². The van der Waals surface area contributed by atoms with Gasteiger partial charge in [0.2, 0.25) is 0 Å². The van der Waals surface area contributed by atoms with Crippen LogP contribution in [0.2, 0.25) is 0 Å². The van der Waals surface area contributed by atoms with Gasteiger partial charge in [0.15, 0.2) is 17.5 Å². The van der Waals surface area contributed by atoms with E-state index in [9.17, 15) is 0 Å². The number of hydrogen-bond acceptors (Lipinski definition) is 5. The molecule has 0 amide bonds. The van der Waals surface area contributed by atoms with Crippen molar-refractivity contribution in [3.63, 3.8) is 0 Å². The Kier molecular flexibility index (Phi) is 8.65. The number of thiophene rings is 1. The minimum Gasteiger partial charge on any atom is -0.456 e. The van der Waals surface area contributed by atoms with Gasteiger partial charge >= 0.3 is 0 Å². The lowest BCUT2D eigenvalue weighted by atomic mass is 9.94. The molecule has 0 radical (unpaired) electrons. The molecule has 0 fully saturated rings. The number of benzene rings is 9. The van der Waals surface area contributed by atoms with Gasteiger partial charge in [-0.2, -0.15) is 0 Å². The van der Waals surface area contributed by atoms with Gasteiger partial charge < -0.3 is 4.42 Å². The molecule has 4 nitrogen and oxygen atoms in total. The molecule has 0 saturated heterocycles. The van der Waals surface area contributed by atoms with Gasteiger partial charge in [0, 0.05) is 47.6 Å². The lowest BCUT2D eigenvalue weighted by molar-refractivity contribution is 0.669. The highest BCUT2D eigenvalue weighted by Crippen LogP contribution is 2.46. The highest BCUT2D eigenvalue weighted by atomic mass is 32.1. The van der Waals surface area contributed by atoms with Crippen molar-refractivity contribution >= 4 is 53.4 Å². The number of furan rings is 1. The molecular weight excluding hydrogens is 775 g/mol. The molecule has 0 aliphatic carbocycles. The zero-order valence-electron chi connectivity index (χ0n) is 33.4. The van der Waals surface area contributed by atoms with Crippen molar-refractivity contribution in [3.05, 3.63) is 212 Å². The Bertz CT molecular complexity index is 3530. The van der Waals surface area contributed by atoms with E-state index in [1.54, 1.807) is 0 Å². The Morgan fingerprint density at radius 1 is 0.290 bits per heavy atom. The largest absolute Gasteiger partial charge is 0.456 e. The smallest absolute Gasteiger partial charge is 0.164 e. The SMILES string of the molecule is c1ccc(-c2cccc(-c3nc(-c4cccc(-c5ccccc5)c4)nc(-c4cccc5oc6ccc(-c7cccc8sc9cccc(-c%10ccccc%10)c9c78)cc6c45)n3)c2)cc1. The van der Waals surface area contributed by atoms with E-state index in [0.29, 0.717) is 17.5 Å². The van der Waals surface area contributed by atoms with Crippen LogP contribution in [0.3, 0.4) is 0 Å². The van der Waals surface area contributed by atoms with E-state index in [4.69, 9.17) is 19.4 Å². The maximum Gasteiger partial charge on any atom is 0.164 e. The molecule has 12 aromatic rings. The Balaban J connectivity index is 1.06. The fourth-order valence-electron chi connectivity index (χ4n) is 8.84. The Morgan fingerprint density at radius 3 is 1.35 bits per heavy atom. The van der Waals surface area contributed by atoms with Crippen molar-refractivity contribution in [3.8, 4) is 78.7 Å². The summed E-state index contributed by atoms with van der Waals surface area (Å²) in [5, 5.41) is 4.52. The topological polar surface area (TPSA) is 51.8 Å². The predicted molar refractivity (Wildman–Crippen MR) is 258 cm³/mol. The molecule has 62 heavy (non-hydrogen) atoms. The van der Waals surface area contributed by atoms with Gasteiger partial charge in [-0.15, -0.1) is 11.3 Å². The molecule has 0 saturated carbocycles. The second-order valence-corrected chi connectivity index (χ2v) is 16.6. The first-order valence-corrected chi connectivity index (χ1v) is 21.6. The Hall–Kier alpha value is -7.99. The summed E-state index contributed by atoms with van der Waals surface area (Å²) >= 11 is 1.84. The highest BCUT2D eigenvalue weighted by molar-refractivity contribution is 7.26. The number of fused-ring (bicyclic) bond motifs is 6. The summed E-state index contributed by atoms with van der Waals surface area (Å²) in [6, 6.07) is 74.5. The number of nitrogens with zero attached hydrogens (tertiary/aromatic N) is 3. The van der Waals surface area contributed by atoms with Gasteiger partial charge in [0.1, 0.15) is 11.2 Å². The third-order valence-electron chi connectivity index (χ3n) is 11.7. The molecule has 3 aromatic heterocycles. The molecule has 9 aromatic carbocycles. The van der Waals surface area contributed by atoms with Gasteiger partial charge in [-0.3, -0.25) is 0 Å². The van der Waals surface area contributed by atoms with Crippen LogP contribution >= 0.6 is 11.3 Å². The quantitative estimate of drug-likeness (QED) is 0.161. The second kappa shape index (κ2) is 14.9. The van der Waals surface area contributed by atoms with Crippen LogP contribution in [0.5, 0.6) is 0 Å². The van der Waals surface area contributed by atoms with Crippen molar-refractivity contribution in [1.29, 1.82) is 0 Å². The van der Waals surface area contributed by atoms with Crippen molar-refractivity contribution in [2.75, 3.05) is 0 Å². The third kappa shape index (κ3) is 6.26. The van der Waals surface area contributed by atoms with Gasteiger partial charge in [0.05, 0.1) is 0 Å². The van der Waals surface area contributed by atoms with E-state index in [2.05, 4.69) is 188 Å². The molecule has 290 valence electrons. The molecule has 5 heteroatoms. The first-order valence-electron chi connectivity index (χ1n) is 20.8. The number of rotatable bonds is 7. The maximum absolute atomic E-state index is 6.62. The van der Waals surface area contributed by atoms with E-state index in [1.807, 2.05) is 35.6 Å². The summed E-state index contributed by atoms with van der Waals surface area (Å²) < 4.78 is 9.15. The van der Waals surface area contributed by atoms with Crippen molar-refractivity contribution < 1.29 is 4.42 Å². The van der Waals surface area contributed by atoms with E-state index in [1.165, 1.54) is 36.9 Å². The van der Waals surface area contributed by atoms with E-state index in [-0.39, 0.29) is 0 Å². The molecule has 0 bridgehead atoms. The van der Waals surface area contributed by atoms with Crippen LogP contribution in [0, 0.1) is 0 Å². The van der Waals surface area contributed by atoms with Gasteiger partial charge in [0.25, 0.3) is 0 Å². The Labute approximate surface area is 362 Å². The fourth-order valence-corrected chi connectivity index (χ4v) is 10.00. The molecule has 12 rings (SSSR count). The standard InChI is InChI=1S/C57H35N3OS/c1-4-15-36(16-5-1)39-21-10-23-42(33-39)55-58-56(43-24-11-22-40(34-43)37-17-6-2-7-18-37)60-57(59-55)46-27-12-28-49-52(46)47-35-41(31-32-48(47)61-49)45-26-14-30-51-54(45)53-44(25-13-29-50(53)62-51)38-19-8-3-9-20-38/h1-35H. The van der Waals surface area contributed by atoms with Crippen LogP contribution in [0.25, 0.3) is 121 Å². The minimum absolute atomic E-state index is 0.581. The van der Waals surface area contributed by atoms with Crippen LogP contribution in [0.1, 0.15) is 0 Å². The number of hydrogen-bond donors (Lipinski definition) is 0. The van der Waals surface area contributed by atoms with Gasteiger partial charge in [-0.25, -0.2) is 15.0 Å². The maximum atomic E-state index is 6.62. The molecule has 0 N–H and O–H groups in total. The van der Waals surface area contributed by atoms with E-state index < -0.39 is 0 Å². The summed E-state index contributed by atoms with van der Waals surface area (Å²) in [6.45, 7) is 0. The third-order valence-corrected chi connectivity index (χ3v) is 12.9. The fraction of sp³-hybridized carbons (Fsp3) is 0. The Morgan fingerprint density at radius 2 is 0.758 bits per heavy atom. The average Bonchev–Trinajstić information content (AvgIpc) is 3.93. The molecule has 0 atom stereocenters. The summed E-state index contributed by atoms with van der Waals surface area (Å²) in [6.07, 6.45) is 0. The van der Waals surface area contributed by atoms with Crippen molar-refractivity contribution in [2.45, 2.75) is 0 Å². The summed E-state index contributed by atoms with van der Waals surface area (Å²) in [5.74, 6) is 1.78. The van der Waals surface area contributed by atoms with Gasteiger partial charge in [-0.1, -0.05) is 170 Å². The minimum atomic E-state index is 0.581. The molecule has 0 spiro atoms. The monoisotopic (exact) mass is 809 g/mol.